The van der Waals surface area contributed by atoms with Gasteiger partial charge in [-0.15, -0.1) is 0 Å². The number of rotatable bonds is 10. The maximum Gasteiger partial charge on any atom is 0.0755 e. The highest BCUT2D eigenvalue weighted by Gasteiger charge is 1.91. The van der Waals surface area contributed by atoms with E-state index in [1.807, 2.05) is 0 Å². The van der Waals surface area contributed by atoms with Crippen LogP contribution in [0.4, 0.5) is 0 Å². The van der Waals surface area contributed by atoms with Crippen molar-refractivity contribution in [2.45, 2.75) is 65.2 Å². The Morgan fingerprint density at radius 2 is 1.21 bits per heavy atom. The van der Waals surface area contributed by atoms with Crippen molar-refractivity contribution < 1.29 is 22.3 Å². The molecule has 0 saturated carbocycles. The van der Waals surface area contributed by atoms with Crippen molar-refractivity contribution in [2.75, 3.05) is 13.1 Å². The van der Waals surface area contributed by atoms with Crippen molar-refractivity contribution in [3.8, 4) is 0 Å². The monoisotopic (exact) mass is 265 g/mol. The van der Waals surface area contributed by atoms with Gasteiger partial charge in [0.1, 0.15) is 0 Å². The van der Waals surface area contributed by atoms with E-state index in [-0.39, 0.29) is 17.0 Å². The lowest BCUT2D eigenvalue weighted by Crippen LogP contribution is -3.00. The summed E-state index contributed by atoms with van der Waals surface area (Å²) in [5, 5.41) is 2.40. The highest BCUT2D eigenvalue weighted by Crippen LogP contribution is 2.07. The van der Waals surface area contributed by atoms with Crippen LogP contribution in [0.5, 0.6) is 0 Å². The number of nitrogens with two attached hydrogens (primary N) is 1. The highest BCUT2D eigenvalue weighted by atomic mass is 79.9. The van der Waals surface area contributed by atoms with E-state index >= 15 is 0 Å². The molecule has 0 atom stereocenters. The molecule has 0 aromatic rings. The zero-order valence-electron chi connectivity index (χ0n) is 10.0. The molecule has 0 amide bonds. The highest BCUT2D eigenvalue weighted by molar-refractivity contribution is 4.44. The van der Waals surface area contributed by atoms with E-state index in [0.29, 0.717) is 0 Å². The summed E-state index contributed by atoms with van der Waals surface area (Å²) in [5.41, 5.74) is 0. The molecule has 0 bridgehead atoms. The van der Waals surface area contributed by atoms with Gasteiger partial charge in [0.25, 0.3) is 0 Å². The maximum absolute atomic E-state index is 2.40. The first-order valence-corrected chi connectivity index (χ1v) is 6.23. The third kappa shape index (κ3) is 14.9. The van der Waals surface area contributed by atoms with Crippen molar-refractivity contribution in [2.24, 2.45) is 0 Å². The smallest absolute Gasteiger partial charge is 0.0755 e. The Kier molecular flexibility index (Phi) is 19.1. The summed E-state index contributed by atoms with van der Waals surface area (Å²) in [5.74, 6) is 0. The van der Waals surface area contributed by atoms with Gasteiger partial charge in [0.2, 0.25) is 0 Å². The Labute approximate surface area is 101 Å². The first-order valence-electron chi connectivity index (χ1n) is 6.23. The molecule has 0 aliphatic carbocycles. The van der Waals surface area contributed by atoms with Crippen molar-refractivity contribution in [1.82, 2.24) is 0 Å². The standard InChI is InChI=1S/C12H27N.BrH/c1-3-5-6-7-8-9-10-11-12-13-4-2;/h13H,3-12H2,1-2H3;1H. The minimum absolute atomic E-state index is 0. The Balaban J connectivity index is 0. The van der Waals surface area contributed by atoms with Crippen LogP contribution < -0.4 is 22.3 Å². The SMILES string of the molecule is CCCCCCCCCC[NH2+]CC.[Br-]. The molecular formula is C12H28BrN. The number of hydrogen-bond donors (Lipinski definition) is 1. The number of halogens is 1. The average molecular weight is 266 g/mol. The van der Waals surface area contributed by atoms with Crippen LogP contribution in [0.2, 0.25) is 0 Å². The van der Waals surface area contributed by atoms with Gasteiger partial charge < -0.3 is 22.3 Å². The van der Waals surface area contributed by atoms with Crippen LogP contribution in [0.3, 0.4) is 0 Å². The van der Waals surface area contributed by atoms with Crippen LogP contribution in [0.1, 0.15) is 65.2 Å². The largest absolute Gasteiger partial charge is 1.00 e. The minimum Gasteiger partial charge on any atom is -1.00 e. The third-order valence-corrected chi connectivity index (χ3v) is 2.55. The molecule has 0 fully saturated rings. The fourth-order valence-corrected chi connectivity index (χ4v) is 1.63. The van der Waals surface area contributed by atoms with Gasteiger partial charge in [-0.1, -0.05) is 45.4 Å². The molecule has 0 unspecified atom stereocenters. The van der Waals surface area contributed by atoms with Crippen molar-refractivity contribution in [1.29, 1.82) is 0 Å². The summed E-state index contributed by atoms with van der Waals surface area (Å²) >= 11 is 0. The van der Waals surface area contributed by atoms with Crippen LogP contribution >= 0.6 is 0 Å². The van der Waals surface area contributed by atoms with E-state index in [4.69, 9.17) is 0 Å². The average Bonchev–Trinajstić information content (AvgIpc) is 2.16. The Morgan fingerprint density at radius 3 is 1.71 bits per heavy atom. The molecule has 2 heteroatoms. The number of hydrogen-bond acceptors (Lipinski definition) is 0. The second-order valence-corrected chi connectivity index (χ2v) is 3.96. The summed E-state index contributed by atoms with van der Waals surface area (Å²) in [6, 6.07) is 0. The van der Waals surface area contributed by atoms with Crippen molar-refractivity contribution >= 4 is 0 Å². The molecule has 14 heavy (non-hydrogen) atoms. The number of quaternary nitrogens is 1. The Hall–Kier alpha value is 0.440. The van der Waals surface area contributed by atoms with Gasteiger partial charge in [-0.2, -0.15) is 0 Å². The molecule has 1 nitrogen and oxygen atoms in total. The molecule has 88 valence electrons. The first kappa shape index (κ1) is 16.9. The normalized spacial score (nSPS) is 9.86. The molecule has 0 aliphatic heterocycles. The topological polar surface area (TPSA) is 16.6 Å². The van der Waals surface area contributed by atoms with Gasteiger partial charge in [0.05, 0.1) is 13.1 Å². The van der Waals surface area contributed by atoms with Gasteiger partial charge in [-0.3, -0.25) is 0 Å². The Bertz CT molecular complexity index is 76.4. The zero-order chi connectivity index (χ0) is 9.78. The van der Waals surface area contributed by atoms with Gasteiger partial charge in [0, 0.05) is 0 Å². The molecule has 0 radical (unpaired) electrons. The molecule has 2 N–H and O–H groups in total. The minimum atomic E-state index is 0. The predicted octanol–water partition coefficient (Wildman–Crippen LogP) is -0.286. The first-order chi connectivity index (χ1) is 6.41. The summed E-state index contributed by atoms with van der Waals surface area (Å²) in [6.07, 6.45) is 11.5. The molecule has 0 heterocycles. The van der Waals surface area contributed by atoms with Crippen LogP contribution in [0, 0.1) is 0 Å². The molecule has 0 aromatic heterocycles. The summed E-state index contributed by atoms with van der Waals surface area (Å²) < 4.78 is 0. The number of unbranched alkanes of at least 4 members (excludes halogenated alkanes) is 7. The van der Waals surface area contributed by atoms with E-state index in [1.165, 1.54) is 64.5 Å². The second kappa shape index (κ2) is 15.9. The molecule has 0 rings (SSSR count). The van der Waals surface area contributed by atoms with E-state index in [0.717, 1.165) is 0 Å². The van der Waals surface area contributed by atoms with Crippen LogP contribution in [-0.2, 0) is 0 Å². The van der Waals surface area contributed by atoms with Gasteiger partial charge >= 0.3 is 0 Å². The fourth-order valence-electron chi connectivity index (χ4n) is 1.63. The zero-order valence-corrected chi connectivity index (χ0v) is 11.6. The van der Waals surface area contributed by atoms with Gasteiger partial charge in [0.15, 0.2) is 0 Å². The lowest BCUT2D eigenvalue weighted by Gasteiger charge is -2.00. The van der Waals surface area contributed by atoms with Crippen molar-refractivity contribution in [3.05, 3.63) is 0 Å². The van der Waals surface area contributed by atoms with Crippen LogP contribution in [0.25, 0.3) is 0 Å². The lowest BCUT2D eigenvalue weighted by molar-refractivity contribution is -0.652. The summed E-state index contributed by atoms with van der Waals surface area (Å²) in [4.78, 5) is 0. The van der Waals surface area contributed by atoms with Gasteiger partial charge in [-0.05, 0) is 19.8 Å². The molecule has 0 aliphatic rings. The Morgan fingerprint density at radius 1 is 0.714 bits per heavy atom. The lowest BCUT2D eigenvalue weighted by atomic mass is 10.1. The van der Waals surface area contributed by atoms with E-state index < -0.39 is 0 Å². The predicted molar refractivity (Wildman–Crippen MR) is 59.9 cm³/mol. The third-order valence-electron chi connectivity index (χ3n) is 2.55. The molecule has 0 aromatic carbocycles. The summed E-state index contributed by atoms with van der Waals surface area (Å²) in [7, 11) is 0. The van der Waals surface area contributed by atoms with Crippen LogP contribution in [0.15, 0.2) is 0 Å². The summed E-state index contributed by atoms with van der Waals surface area (Å²) in [6.45, 7) is 7.09. The second-order valence-electron chi connectivity index (χ2n) is 3.96. The van der Waals surface area contributed by atoms with E-state index in [1.54, 1.807) is 0 Å². The maximum atomic E-state index is 2.40. The fraction of sp³-hybridized carbons (Fsp3) is 1.00. The van der Waals surface area contributed by atoms with Crippen LogP contribution in [-0.4, -0.2) is 13.1 Å². The van der Waals surface area contributed by atoms with E-state index in [2.05, 4.69) is 19.2 Å². The van der Waals surface area contributed by atoms with Gasteiger partial charge in [-0.25, -0.2) is 0 Å². The van der Waals surface area contributed by atoms with Crippen molar-refractivity contribution in [3.63, 3.8) is 0 Å². The molecule has 0 spiro atoms. The molecule has 0 saturated heterocycles. The van der Waals surface area contributed by atoms with E-state index in [9.17, 15) is 0 Å². The quantitative estimate of drug-likeness (QED) is 0.524. The molecular weight excluding hydrogens is 238 g/mol.